The zero-order chi connectivity index (χ0) is 17.6. The van der Waals surface area contributed by atoms with Gasteiger partial charge in [0.2, 0.25) is 0 Å². The van der Waals surface area contributed by atoms with E-state index in [0.717, 1.165) is 0 Å². The predicted octanol–water partition coefficient (Wildman–Crippen LogP) is 2.80. The second-order valence-electron chi connectivity index (χ2n) is 5.75. The number of carbonyl (C=O) groups excluding carboxylic acids is 1. The number of benzene rings is 2. The van der Waals surface area contributed by atoms with Crippen LogP contribution in [0.3, 0.4) is 0 Å². The molecular weight excluding hydrogens is 319 g/mol. The molecule has 1 aliphatic heterocycles. The summed E-state index contributed by atoms with van der Waals surface area (Å²) in [5, 5.41) is 0. The summed E-state index contributed by atoms with van der Waals surface area (Å²) in [6.07, 6.45) is 5.15. The Kier molecular flexibility index (Phi) is 5.20. The Balaban J connectivity index is 1.60. The lowest BCUT2D eigenvalue weighted by Gasteiger charge is -2.36. The average molecular weight is 338 g/mol. The lowest BCUT2D eigenvalue weighted by atomic mass is 10.1. The summed E-state index contributed by atoms with van der Waals surface area (Å²) < 4.78 is 19.2. The van der Waals surface area contributed by atoms with E-state index in [9.17, 15) is 9.18 Å². The first-order valence-electron chi connectivity index (χ1n) is 8.14. The quantitative estimate of drug-likeness (QED) is 0.804. The summed E-state index contributed by atoms with van der Waals surface area (Å²) >= 11 is 0. The molecule has 1 heterocycles. The standard InChI is InChI=1S/C20H19FN2O2/c1-2-15-25-17-9-7-16(8-10-17)20(24)23-13-11-22(12-14-23)19-6-4-3-5-18(19)21/h1,3-10H,11-15H2. The first-order valence-corrected chi connectivity index (χ1v) is 8.14. The molecule has 1 amide bonds. The van der Waals surface area contributed by atoms with Crippen molar-refractivity contribution in [1.29, 1.82) is 0 Å². The number of para-hydroxylation sites is 1. The minimum atomic E-state index is -0.232. The van der Waals surface area contributed by atoms with E-state index in [1.165, 1.54) is 6.07 Å². The lowest BCUT2D eigenvalue weighted by molar-refractivity contribution is 0.0746. The van der Waals surface area contributed by atoms with Crippen LogP contribution in [-0.4, -0.2) is 43.6 Å². The molecule has 0 saturated carbocycles. The van der Waals surface area contributed by atoms with Gasteiger partial charge in [-0.2, -0.15) is 0 Å². The van der Waals surface area contributed by atoms with Crippen molar-refractivity contribution in [3.05, 3.63) is 59.9 Å². The molecule has 128 valence electrons. The topological polar surface area (TPSA) is 32.8 Å². The van der Waals surface area contributed by atoms with Gasteiger partial charge >= 0.3 is 0 Å². The molecule has 1 saturated heterocycles. The predicted molar refractivity (Wildman–Crippen MR) is 95.3 cm³/mol. The van der Waals surface area contributed by atoms with Crippen molar-refractivity contribution in [2.75, 3.05) is 37.7 Å². The normalized spacial score (nSPS) is 14.1. The number of hydrogen-bond donors (Lipinski definition) is 0. The van der Waals surface area contributed by atoms with Gasteiger partial charge < -0.3 is 14.5 Å². The van der Waals surface area contributed by atoms with Crippen LogP contribution in [0.25, 0.3) is 0 Å². The zero-order valence-corrected chi connectivity index (χ0v) is 13.8. The second kappa shape index (κ2) is 7.71. The first-order chi connectivity index (χ1) is 12.2. The van der Waals surface area contributed by atoms with E-state index in [0.29, 0.717) is 43.2 Å². The maximum absolute atomic E-state index is 13.9. The van der Waals surface area contributed by atoms with Gasteiger partial charge in [-0.3, -0.25) is 4.79 Å². The van der Waals surface area contributed by atoms with E-state index in [4.69, 9.17) is 11.2 Å². The highest BCUT2D eigenvalue weighted by molar-refractivity contribution is 5.94. The van der Waals surface area contributed by atoms with Crippen molar-refractivity contribution < 1.29 is 13.9 Å². The summed E-state index contributed by atoms with van der Waals surface area (Å²) in [4.78, 5) is 16.3. The highest BCUT2D eigenvalue weighted by atomic mass is 19.1. The molecule has 5 heteroatoms. The van der Waals surface area contributed by atoms with Gasteiger partial charge in [0.25, 0.3) is 5.91 Å². The molecule has 2 aromatic rings. The summed E-state index contributed by atoms with van der Waals surface area (Å²) in [6, 6.07) is 13.7. The maximum Gasteiger partial charge on any atom is 0.253 e. The Labute approximate surface area is 146 Å². The molecule has 0 spiro atoms. The van der Waals surface area contributed by atoms with Crippen LogP contribution in [0.5, 0.6) is 5.75 Å². The van der Waals surface area contributed by atoms with Crippen molar-refractivity contribution in [1.82, 2.24) is 4.90 Å². The lowest BCUT2D eigenvalue weighted by Crippen LogP contribution is -2.49. The fourth-order valence-corrected chi connectivity index (χ4v) is 2.86. The first kappa shape index (κ1) is 16.8. The number of nitrogens with zero attached hydrogens (tertiary/aromatic N) is 2. The Hall–Kier alpha value is -3.00. The SMILES string of the molecule is C#CCOc1ccc(C(=O)N2CCN(c3ccccc3F)CC2)cc1. The molecule has 0 bridgehead atoms. The highest BCUT2D eigenvalue weighted by Crippen LogP contribution is 2.21. The third-order valence-electron chi connectivity index (χ3n) is 4.18. The number of piperazine rings is 1. The van der Waals surface area contributed by atoms with Gasteiger partial charge in [-0.05, 0) is 36.4 Å². The summed E-state index contributed by atoms with van der Waals surface area (Å²) in [5.74, 6) is 2.77. The van der Waals surface area contributed by atoms with E-state index >= 15 is 0 Å². The monoisotopic (exact) mass is 338 g/mol. The Morgan fingerprint density at radius 1 is 1.08 bits per heavy atom. The maximum atomic E-state index is 13.9. The van der Waals surface area contributed by atoms with Crippen LogP contribution in [0.2, 0.25) is 0 Å². The number of rotatable bonds is 4. The molecule has 1 aliphatic rings. The smallest absolute Gasteiger partial charge is 0.253 e. The average Bonchev–Trinajstić information content (AvgIpc) is 2.67. The van der Waals surface area contributed by atoms with E-state index in [2.05, 4.69) is 5.92 Å². The number of hydrogen-bond acceptors (Lipinski definition) is 3. The summed E-state index contributed by atoms with van der Waals surface area (Å²) in [5.41, 5.74) is 1.19. The van der Waals surface area contributed by atoms with Gasteiger partial charge in [-0.25, -0.2) is 4.39 Å². The molecule has 4 nitrogen and oxygen atoms in total. The molecular formula is C20H19FN2O2. The highest BCUT2D eigenvalue weighted by Gasteiger charge is 2.23. The Morgan fingerprint density at radius 2 is 1.76 bits per heavy atom. The van der Waals surface area contributed by atoms with Crippen molar-refractivity contribution in [2.24, 2.45) is 0 Å². The van der Waals surface area contributed by atoms with Crippen molar-refractivity contribution in [3.63, 3.8) is 0 Å². The van der Waals surface area contributed by atoms with Gasteiger partial charge in [0.05, 0.1) is 5.69 Å². The van der Waals surface area contributed by atoms with E-state index in [1.807, 2.05) is 11.0 Å². The summed E-state index contributed by atoms with van der Waals surface area (Å²) in [6.45, 7) is 2.53. The molecule has 0 aliphatic carbocycles. The fraction of sp³-hybridized carbons (Fsp3) is 0.250. The van der Waals surface area contributed by atoms with Crippen LogP contribution in [-0.2, 0) is 0 Å². The second-order valence-corrected chi connectivity index (χ2v) is 5.75. The Morgan fingerprint density at radius 3 is 2.40 bits per heavy atom. The molecule has 0 aromatic heterocycles. The zero-order valence-electron chi connectivity index (χ0n) is 13.8. The molecule has 0 atom stereocenters. The molecule has 0 N–H and O–H groups in total. The number of ether oxygens (including phenoxy) is 1. The van der Waals surface area contributed by atoms with Gasteiger partial charge in [0.15, 0.2) is 0 Å². The number of amides is 1. The van der Waals surface area contributed by atoms with Crippen LogP contribution in [0.1, 0.15) is 10.4 Å². The number of anilines is 1. The third-order valence-corrected chi connectivity index (χ3v) is 4.18. The van der Waals surface area contributed by atoms with E-state index < -0.39 is 0 Å². The minimum absolute atomic E-state index is 0.0308. The molecule has 1 fully saturated rings. The third kappa shape index (κ3) is 3.92. The molecule has 2 aromatic carbocycles. The number of halogens is 1. The van der Waals surface area contributed by atoms with Crippen molar-refractivity contribution >= 4 is 11.6 Å². The van der Waals surface area contributed by atoms with Crippen LogP contribution in [0.4, 0.5) is 10.1 Å². The largest absolute Gasteiger partial charge is 0.481 e. The van der Waals surface area contributed by atoms with Crippen molar-refractivity contribution in [2.45, 2.75) is 0 Å². The van der Waals surface area contributed by atoms with Gasteiger partial charge in [0, 0.05) is 31.7 Å². The molecule has 0 radical (unpaired) electrons. The Bertz CT molecular complexity index is 775. The van der Waals surface area contributed by atoms with E-state index in [1.54, 1.807) is 41.3 Å². The van der Waals surface area contributed by atoms with Crippen LogP contribution >= 0.6 is 0 Å². The fourth-order valence-electron chi connectivity index (χ4n) is 2.86. The minimum Gasteiger partial charge on any atom is -0.481 e. The molecule has 0 unspecified atom stereocenters. The summed E-state index contributed by atoms with van der Waals surface area (Å²) in [7, 11) is 0. The van der Waals surface area contributed by atoms with Gasteiger partial charge in [-0.15, -0.1) is 6.42 Å². The van der Waals surface area contributed by atoms with E-state index in [-0.39, 0.29) is 18.3 Å². The number of terminal acetylenes is 1. The molecule has 3 rings (SSSR count). The van der Waals surface area contributed by atoms with Crippen LogP contribution in [0.15, 0.2) is 48.5 Å². The number of carbonyl (C=O) groups is 1. The van der Waals surface area contributed by atoms with Crippen LogP contribution in [0, 0.1) is 18.2 Å². The van der Waals surface area contributed by atoms with Crippen molar-refractivity contribution in [3.8, 4) is 18.1 Å². The van der Waals surface area contributed by atoms with Gasteiger partial charge in [0.1, 0.15) is 18.2 Å². The van der Waals surface area contributed by atoms with Crippen LogP contribution < -0.4 is 9.64 Å². The van der Waals surface area contributed by atoms with Gasteiger partial charge in [-0.1, -0.05) is 18.1 Å². The molecule has 25 heavy (non-hydrogen) atoms.